The first-order valence-electron chi connectivity index (χ1n) is 6.18. The number of rotatable bonds is 5. The van der Waals surface area contributed by atoms with Gasteiger partial charge in [0, 0.05) is 18.8 Å². The van der Waals surface area contributed by atoms with Gasteiger partial charge in [-0.1, -0.05) is 0 Å². The van der Waals surface area contributed by atoms with E-state index in [2.05, 4.69) is 5.32 Å². The number of hydrogen-bond donors (Lipinski definition) is 2. The standard InChI is InChI=1S/C13H17N3O4/c1-8(7-19-2)15-12(17)6-16-10-5-9(14)3-4-11(10)20-13(16)18/h3-5,8H,6-7,14H2,1-2H3,(H,15,17). The van der Waals surface area contributed by atoms with Crippen molar-refractivity contribution < 1.29 is 13.9 Å². The maximum Gasteiger partial charge on any atom is 0.420 e. The summed E-state index contributed by atoms with van der Waals surface area (Å²) < 4.78 is 11.2. The number of carbonyl (C=O) groups excluding carboxylic acids is 1. The summed E-state index contributed by atoms with van der Waals surface area (Å²) in [5.41, 5.74) is 7.09. The number of nitrogen functional groups attached to an aromatic ring is 1. The summed E-state index contributed by atoms with van der Waals surface area (Å²) in [4.78, 5) is 23.6. The molecule has 0 spiro atoms. The number of amides is 1. The molecule has 1 unspecified atom stereocenters. The van der Waals surface area contributed by atoms with E-state index in [1.165, 1.54) is 4.57 Å². The highest BCUT2D eigenvalue weighted by Crippen LogP contribution is 2.16. The fourth-order valence-corrected chi connectivity index (χ4v) is 1.98. The molecule has 0 saturated carbocycles. The Morgan fingerprint density at radius 2 is 2.30 bits per heavy atom. The number of ether oxygens (including phenoxy) is 1. The zero-order valence-electron chi connectivity index (χ0n) is 11.4. The molecule has 0 aliphatic rings. The van der Waals surface area contributed by atoms with Gasteiger partial charge >= 0.3 is 5.76 Å². The Labute approximate surface area is 115 Å². The molecule has 1 heterocycles. The first-order chi connectivity index (χ1) is 9.51. The van der Waals surface area contributed by atoms with E-state index in [1.54, 1.807) is 25.3 Å². The molecule has 7 heteroatoms. The summed E-state index contributed by atoms with van der Waals surface area (Å²) >= 11 is 0. The lowest BCUT2D eigenvalue weighted by atomic mass is 10.3. The van der Waals surface area contributed by atoms with E-state index in [0.29, 0.717) is 23.4 Å². The lowest BCUT2D eigenvalue weighted by Crippen LogP contribution is -2.38. The van der Waals surface area contributed by atoms with E-state index in [0.717, 1.165) is 0 Å². The molecule has 3 N–H and O–H groups in total. The third kappa shape index (κ3) is 3.00. The molecule has 0 bridgehead atoms. The van der Waals surface area contributed by atoms with Gasteiger partial charge < -0.3 is 20.2 Å². The lowest BCUT2D eigenvalue weighted by molar-refractivity contribution is -0.122. The number of nitrogens with zero attached hydrogens (tertiary/aromatic N) is 1. The number of hydrogen-bond acceptors (Lipinski definition) is 5. The zero-order valence-corrected chi connectivity index (χ0v) is 11.4. The molecule has 1 atom stereocenters. The molecule has 0 aliphatic carbocycles. The topological polar surface area (TPSA) is 99.5 Å². The normalized spacial score (nSPS) is 12.5. The number of benzene rings is 1. The predicted molar refractivity (Wildman–Crippen MR) is 74.4 cm³/mol. The van der Waals surface area contributed by atoms with Crippen LogP contribution in [0, 0.1) is 0 Å². The van der Waals surface area contributed by atoms with Gasteiger partial charge in [0.1, 0.15) is 6.54 Å². The van der Waals surface area contributed by atoms with Gasteiger partial charge in [0.2, 0.25) is 5.91 Å². The summed E-state index contributed by atoms with van der Waals surface area (Å²) in [6, 6.07) is 4.71. The second-order valence-electron chi connectivity index (χ2n) is 4.61. The molecular weight excluding hydrogens is 262 g/mol. The van der Waals surface area contributed by atoms with Crippen molar-refractivity contribution in [2.75, 3.05) is 19.5 Å². The molecule has 1 aromatic carbocycles. The largest absolute Gasteiger partial charge is 0.420 e. The van der Waals surface area contributed by atoms with Crippen molar-refractivity contribution in [2.24, 2.45) is 0 Å². The van der Waals surface area contributed by atoms with Crippen molar-refractivity contribution in [1.29, 1.82) is 0 Å². The van der Waals surface area contributed by atoms with E-state index >= 15 is 0 Å². The second kappa shape index (κ2) is 5.79. The number of aromatic nitrogens is 1. The highest BCUT2D eigenvalue weighted by molar-refractivity contribution is 5.81. The van der Waals surface area contributed by atoms with Gasteiger partial charge in [-0.05, 0) is 25.1 Å². The van der Waals surface area contributed by atoms with E-state index in [4.69, 9.17) is 14.9 Å². The second-order valence-corrected chi connectivity index (χ2v) is 4.61. The highest BCUT2D eigenvalue weighted by Gasteiger charge is 2.14. The lowest BCUT2D eigenvalue weighted by Gasteiger charge is -2.12. The average molecular weight is 279 g/mol. The molecule has 108 valence electrons. The molecule has 0 aliphatic heterocycles. The van der Waals surface area contributed by atoms with E-state index in [-0.39, 0.29) is 18.5 Å². The summed E-state index contributed by atoms with van der Waals surface area (Å²) in [6.45, 7) is 2.10. The van der Waals surface area contributed by atoms with Crippen molar-refractivity contribution in [3.05, 3.63) is 28.7 Å². The Bertz CT molecular complexity index is 674. The van der Waals surface area contributed by atoms with Crippen LogP contribution in [0.25, 0.3) is 11.1 Å². The number of carbonyl (C=O) groups is 1. The van der Waals surface area contributed by atoms with Gasteiger partial charge in [0.25, 0.3) is 0 Å². The van der Waals surface area contributed by atoms with Crippen molar-refractivity contribution in [3.63, 3.8) is 0 Å². The van der Waals surface area contributed by atoms with Crippen LogP contribution in [-0.4, -0.2) is 30.2 Å². The maximum absolute atomic E-state index is 11.9. The number of nitrogens with one attached hydrogen (secondary N) is 1. The SMILES string of the molecule is COCC(C)NC(=O)Cn1c(=O)oc2ccc(N)cc21. The summed E-state index contributed by atoms with van der Waals surface area (Å²) in [5, 5.41) is 2.73. The van der Waals surface area contributed by atoms with E-state index in [1.807, 2.05) is 6.92 Å². The van der Waals surface area contributed by atoms with Gasteiger partial charge in [0.05, 0.1) is 12.1 Å². The van der Waals surface area contributed by atoms with E-state index < -0.39 is 5.76 Å². The Kier molecular flexibility index (Phi) is 4.09. The van der Waals surface area contributed by atoms with Gasteiger partial charge in [-0.25, -0.2) is 4.79 Å². The molecule has 7 nitrogen and oxygen atoms in total. The van der Waals surface area contributed by atoms with Gasteiger partial charge in [-0.2, -0.15) is 0 Å². The molecule has 20 heavy (non-hydrogen) atoms. The van der Waals surface area contributed by atoms with Gasteiger partial charge in [0.15, 0.2) is 5.58 Å². The fourth-order valence-electron chi connectivity index (χ4n) is 1.98. The molecule has 1 aromatic heterocycles. The van der Waals surface area contributed by atoms with Gasteiger partial charge in [-0.3, -0.25) is 9.36 Å². The fraction of sp³-hybridized carbons (Fsp3) is 0.385. The first kappa shape index (κ1) is 14.1. The number of oxazole rings is 1. The third-order valence-corrected chi connectivity index (χ3v) is 2.82. The average Bonchev–Trinajstić information content (AvgIpc) is 2.66. The highest BCUT2D eigenvalue weighted by atomic mass is 16.5. The number of nitrogens with two attached hydrogens (primary N) is 1. The Morgan fingerprint density at radius 1 is 1.55 bits per heavy atom. The van der Waals surface area contributed by atoms with E-state index in [9.17, 15) is 9.59 Å². The van der Waals surface area contributed by atoms with Crippen molar-refractivity contribution >= 4 is 22.7 Å². The van der Waals surface area contributed by atoms with Crippen LogP contribution in [0.3, 0.4) is 0 Å². The molecule has 2 rings (SSSR count). The number of anilines is 1. The first-order valence-corrected chi connectivity index (χ1v) is 6.18. The number of methoxy groups -OCH3 is 1. The Morgan fingerprint density at radius 3 is 3.00 bits per heavy atom. The monoisotopic (exact) mass is 279 g/mol. The zero-order chi connectivity index (χ0) is 14.7. The molecule has 2 aromatic rings. The number of fused-ring (bicyclic) bond motifs is 1. The van der Waals surface area contributed by atoms with Crippen LogP contribution in [0.15, 0.2) is 27.4 Å². The van der Waals surface area contributed by atoms with Crippen molar-refractivity contribution in [3.8, 4) is 0 Å². The van der Waals surface area contributed by atoms with Crippen LogP contribution < -0.4 is 16.8 Å². The minimum Gasteiger partial charge on any atom is -0.408 e. The molecule has 0 saturated heterocycles. The minimum atomic E-state index is -0.583. The smallest absolute Gasteiger partial charge is 0.408 e. The molecular formula is C13H17N3O4. The van der Waals surface area contributed by atoms with Crippen molar-refractivity contribution in [2.45, 2.75) is 19.5 Å². The quantitative estimate of drug-likeness (QED) is 0.768. The maximum atomic E-state index is 11.9. The van der Waals surface area contributed by atoms with Crippen LogP contribution >= 0.6 is 0 Å². The van der Waals surface area contributed by atoms with Gasteiger partial charge in [-0.15, -0.1) is 0 Å². The van der Waals surface area contributed by atoms with Crippen LogP contribution in [0.4, 0.5) is 5.69 Å². The molecule has 0 radical (unpaired) electrons. The van der Waals surface area contributed by atoms with Crippen molar-refractivity contribution in [1.82, 2.24) is 9.88 Å². The Hall–Kier alpha value is -2.28. The van der Waals surface area contributed by atoms with Crippen LogP contribution in [0.5, 0.6) is 0 Å². The molecule has 1 amide bonds. The Balaban J connectivity index is 2.21. The molecule has 0 fully saturated rings. The summed E-state index contributed by atoms with van der Waals surface area (Å²) in [6.07, 6.45) is 0. The minimum absolute atomic E-state index is 0.122. The predicted octanol–water partition coefficient (Wildman–Crippen LogP) is 0.328. The third-order valence-electron chi connectivity index (χ3n) is 2.82. The van der Waals surface area contributed by atoms with Crippen LogP contribution in [-0.2, 0) is 16.1 Å². The van der Waals surface area contributed by atoms with Crippen LogP contribution in [0.1, 0.15) is 6.92 Å². The van der Waals surface area contributed by atoms with Crippen LogP contribution in [0.2, 0.25) is 0 Å². The summed E-state index contributed by atoms with van der Waals surface area (Å²) in [5.74, 6) is -0.873. The summed E-state index contributed by atoms with van der Waals surface area (Å²) in [7, 11) is 1.56.